The van der Waals surface area contributed by atoms with Gasteiger partial charge in [0.05, 0.1) is 0 Å². The van der Waals surface area contributed by atoms with Crippen LogP contribution >= 0.6 is 11.6 Å². The number of hydrogen-bond donors (Lipinski definition) is 1. The van der Waals surface area contributed by atoms with Gasteiger partial charge in [-0.2, -0.15) is 0 Å². The molecule has 0 aromatic heterocycles. The Balaban J connectivity index is 1.99. The predicted octanol–water partition coefficient (Wildman–Crippen LogP) is 3.36. The summed E-state index contributed by atoms with van der Waals surface area (Å²) in [6.07, 6.45) is 0. The van der Waals surface area contributed by atoms with E-state index < -0.39 is 0 Å². The third kappa shape index (κ3) is 3.34. The normalized spacial score (nSPS) is 10.1. The molecule has 0 aliphatic carbocycles. The highest BCUT2D eigenvalue weighted by Gasteiger charge is 2.05. The second-order valence-corrected chi connectivity index (χ2v) is 4.27. The van der Waals surface area contributed by atoms with E-state index in [0.29, 0.717) is 18.0 Å². The maximum Gasteiger partial charge on any atom is 0.251 e. The molecule has 2 aromatic carbocycles. The summed E-state index contributed by atoms with van der Waals surface area (Å²) in [5, 5.41) is 2.88. The zero-order valence-corrected chi connectivity index (χ0v) is 10.7. The molecule has 0 saturated carbocycles. The van der Waals surface area contributed by atoms with Crippen molar-refractivity contribution in [3.05, 3.63) is 71.3 Å². The number of nitrogens with one attached hydrogen (secondary N) is 1. The van der Waals surface area contributed by atoms with Gasteiger partial charge in [0.1, 0.15) is 0 Å². The summed E-state index contributed by atoms with van der Waals surface area (Å²) in [5.41, 5.74) is 2.67. The minimum absolute atomic E-state index is 0.0779. The van der Waals surface area contributed by atoms with E-state index in [1.54, 1.807) is 6.07 Å². The molecule has 18 heavy (non-hydrogen) atoms. The van der Waals surface area contributed by atoms with E-state index in [-0.39, 0.29) is 5.91 Å². The van der Waals surface area contributed by atoms with Crippen LogP contribution in [0.3, 0.4) is 0 Å². The van der Waals surface area contributed by atoms with Crippen molar-refractivity contribution in [2.45, 2.75) is 12.4 Å². The predicted molar refractivity (Wildman–Crippen MR) is 73.6 cm³/mol. The van der Waals surface area contributed by atoms with Crippen molar-refractivity contribution >= 4 is 17.5 Å². The Hall–Kier alpha value is -1.80. The molecule has 0 atom stereocenters. The molecule has 0 heterocycles. The first-order chi connectivity index (χ1) is 8.79. The van der Waals surface area contributed by atoms with E-state index in [0.717, 1.165) is 11.1 Å². The first-order valence-electron chi connectivity index (χ1n) is 5.76. The lowest BCUT2D eigenvalue weighted by Gasteiger charge is -2.06. The van der Waals surface area contributed by atoms with Crippen LogP contribution in [0.5, 0.6) is 0 Å². The minimum atomic E-state index is -0.0779. The number of hydrogen-bond acceptors (Lipinski definition) is 1. The molecule has 0 bridgehead atoms. The summed E-state index contributed by atoms with van der Waals surface area (Å²) >= 11 is 5.74. The van der Waals surface area contributed by atoms with Gasteiger partial charge >= 0.3 is 0 Å². The Bertz CT molecular complexity index is 525. The van der Waals surface area contributed by atoms with Gasteiger partial charge in [0.15, 0.2) is 0 Å². The van der Waals surface area contributed by atoms with Gasteiger partial charge in [-0.05, 0) is 23.3 Å². The van der Waals surface area contributed by atoms with Crippen LogP contribution in [0.15, 0.2) is 54.6 Å². The topological polar surface area (TPSA) is 29.1 Å². The average Bonchev–Trinajstić information content (AvgIpc) is 2.46. The van der Waals surface area contributed by atoms with Gasteiger partial charge in [-0.15, -0.1) is 11.6 Å². The molecule has 0 radical (unpaired) electrons. The van der Waals surface area contributed by atoms with E-state index in [9.17, 15) is 4.79 Å². The van der Waals surface area contributed by atoms with Crippen LogP contribution in [-0.4, -0.2) is 5.91 Å². The number of carbonyl (C=O) groups excluding carboxylic acids is 1. The Labute approximate surface area is 112 Å². The van der Waals surface area contributed by atoms with E-state index in [1.165, 1.54) is 0 Å². The third-order valence-corrected chi connectivity index (χ3v) is 2.95. The van der Waals surface area contributed by atoms with E-state index in [2.05, 4.69) is 5.32 Å². The van der Waals surface area contributed by atoms with Gasteiger partial charge in [-0.3, -0.25) is 4.79 Å². The van der Waals surface area contributed by atoms with Gasteiger partial charge < -0.3 is 5.32 Å². The van der Waals surface area contributed by atoms with E-state index >= 15 is 0 Å². The molecule has 0 unspecified atom stereocenters. The maximum absolute atomic E-state index is 11.9. The first kappa shape index (κ1) is 12.7. The largest absolute Gasteiger partial charge is 0.348 e. The summed E-state index contributed by atoms with van der Waals surface area (Å²) in [7, 11) is 0. The molecule has 2 aromatic rings. The summed E-state index contributed by atoms with van der Waals surface area (Å²) in [5.74, 6) is 0.339. The Morgan fingerprint density at radius 1 is 1.00 bits per heavy atom. The fraction of sp³-hybridized carbons (Fsp3) is 0.133. The molecule has 2 rings (SSSR count). The van der Waals surface area contributed by atoms with Crippen molar-refractivity contribution in [2.75, 3.05) is 0 Å². The Morgan fingerprint density at radius 2 is 1.72 bits per heavy atom. The van der Waals surface area contributed by atoms with Gasteiger partial charge in [-0.1, -0.05) is 42.5 Å². The molecule has 1 amide bonds. The van der Waals surface area contributed by atoms with Crippen molar-refractivity contribution in [3.63, 3.8) is 0 Å². The van der Waals surface area contributed by atoms with Crippen LogP contribution in [0.4, 0.5) is 0 Å². The molecular formula is C15H14ClNO. The van der Waals surface area contributed by atoms with Crippen LogP contribution in [0, 0.1) is 0 Å². The van der Waals surface area contributed by atoms with E-state index in [1.807, 2.05) is 48.5 Å². The fourth-order valence-corrected chi connectivity index (χ4v) is 1.84. The lowest BCUT2D eigenvalue weighted by Crippen LogP contribution is -2.22. The molecule has 3 heteroatoms. The van der Waals surface area contributed by atoms with Gasteiger partial charge in [0.25, 0.3) is 5.91 Å². The molecule has 2 nitrogen and oxygen atoms in total. The van der Waals surface area contributed by atoms with Crippen LogP contribution < -0.4 is 5.32 Å². The van der Waals surface area contributed by atoms with Crippen LogP contribution in [0.25, 0.3) is 0 Å². The summed E-state index contributed by atoms with van der Waals surface area (Å²) in [6, 6.07) is 17.2. The van der Waals surface area contributed by atoms with Crippen LogP contribution in [0.2, 0.25) is 0 Å². The fourth-order valence-electron chi connectivity index (χ4n) is 1.68. The maximum atomic E-state index is 11.9. The first-order valence-corrected chi connectivity index (χ1v) is 6.30. The molecule has 0 aliphatic heterocycles. The molecule has 1 N–H and O–H groups in total. The smallest absolute Gasteiger partial charge is 0.251 e. The number of halogens is 1. The third-order valence-electron chi connectivity index (χ3n) is 2.64. The summed E-state index contributed by atoms with van der Waals surface area (Å²) < 4.78 is 0. The minimum Gasteiger partial charge on any atom is -0.348 e. The number of amides is 1. The monoisotopic (exact) mass is 259 g/mol. The van der Waals surface area contributed by atoms with Gasteiger partial charge in [0.2, 0.25) is 0 Å². The Morgan fingerprint density at radius 3 is 2.44 bits per heavy atom. The highest BCUT2D eigenvalue weighted by Crippen LogP contribution is 2.08. The molecule has 0 fully saturated rings. The summed E-state index contributed by atoms with van der Waals surface area (Å²) in [4.78, 5) is 11.9. The Kier molecular flexibility index (Phi) is 4.37. The lowest BCUT2D eigenvalue weighted by atomic mass is 10.1. The second-order valence-electron chi connectivity index (χ2n) is 4.00. The van der Waals surface area contributed by atoms with Crippen molar-refractivity contribution < 1.29 is 4.79 Å². The number of alkyl halides is 1. The summed E-state index contributed by atoms with van der Waals surface area (Å²) in [6.45, 7) is 0.533. The lowest BCUT2D eigenvalue weighted by molar-refractivity contribution is 0.0951. The molecule has 0 spiro atoms. The molecule has 0 saturated heterocycles. The van der Waals surface area contributed by atoms with Crippen LogP contribution in [0.1, 0.15) is 21.5 Å². The van der Waals surface area contributed by atoms with Crippen molar-refractivity contribution in [2.24, 2.45) is 0 Å². The average molecular weight is 260 g/mol. The van der Waals surface area contributed by atoms with E-state index in [4.69, 9.17) is 11.6 Å². The molecule has 92 valence electrons. The quantitative estimate of drug-likeness (QED) is 0.839. The highest BCUT2D eigenvalue weighted by molar-refractivity contribution is 6.17. The standard InChI is InChI=1S/C15H14ClNO/c16-10-13-7-4-8-14(9-13)15(18)17-11-12-5-2-1-3-6-12/h1-9H,10-11H2,(H,17,18). The number of carbonyl (C=O) groups is 1. The van der Waals surface area contributed by atoms with Crippen molar-refractivity contribution in [3.8, 4) is 0 Å². The SMILES string of the molecule is O=C(NCc1ccccc1)c1cccc(CCl)c1. The van der Waals surface area contributed by atoms with Crippen molar-refractivity contribution in [1.82, 2.24) is 5.32 Å². The number of rotatable bonds is 4. The van der Waals surface area contributed by atoms with Crippen LogP contribution in [-0.2, 0) is 12.4 Å². The van der Waals surface area contributed by atoms with Gasteiger partial charge in [0, 0.05) is 18.0 Å². The molecular weight excluding hydrogens is 246 g/mol. The number of benzene rings is 2. The highest BCUT2D eigenvalue weighted by atomic mass is 35.5. The zero-order chi connectivity index (χ0) is 12.8. The zero-order valence-electron chi connectivity index (χ0n) is 9.90. The van der Waals surface area contributed by atoms with Crippen molar-refractivity contribution in [1.29, 1.82) is 0 Å². The van der Waals surface area contributed by atoms with Gasteiger partial charge in [-0.25, -0.2) is 0 Å². The molecule has 0 aliphatic rings. The second kappa shape index (κ2) is 6.22.